The summed E-state index contributed by atoms with van der Waals surface area (Å²) in [4.78, 5) is 15.9. The van der Waals surface area contributed by atoms with Crippen LogP contribution in [0.1, 0.15) is 5.56 Å². The number of nitrogens with zero attached hydrogens (tertiary/aromatic N) is 1. The largest absolute Gasteiger partial charge is 0.635 e. The number of nitrogens with one attached hydrogen (secondary N) is 1. The Morgan fingerprint density at radius 1 is 1.28 bits per heavy atom. The van der Waals surface area contributed by atoms with E-state index < -0.39 is 19.5 Å². The second-order valence-electron chi connectivity index (χ2n) is 4.94. The summed E-state index contributed by atoms with van der Waals surface area (Å²) >= 11 is 11.6. The molecule has 0 saturated carbocycles. The minimum Gasteiger partial charge on any atom is -0.467 e. The lowest BCUT2D eigenvalue weighted by atomic mass is 10.1. The lowest BCUT2D eigenvalue weighted by Gasteiger charge is -2.19. The highest BCUT2D eigenvalue weighted by atomic mass is 35.5. The van der Waals surface area contributed by atoms with Crippen molar-refractivity contribution in [1.29, 1.82) is 0 Å². The topological polar surface area (TPSA) is 101 Å². The minimum atomic E-state index is -2.03. The van der Waals surface area contributed by atoms with Crippen LogP contribution >= 0.6 is 23.2 Å². The van der Waals surface area contributed by atoms with E-state index >= 15 is 0 Å². The van der Waals surface area contributed by atoms with Gasteiger partial charge in [0.15, 0.2) is 6.61 Å². The van der Waals surface area contributed by atoms with Gasteiger partial charge in [-0.05, 0) is 11.6 Å². The number of hydrogen-bond donors (Lipinski definition) is 3. The predicted molar refractivity (Wildman–Crippen MR) is 93.1 cm³/mol. The Bertz CT molecular complexity index is 706. The van der Waals surface area contributed by atoms with Gasteiger partial charge in [0.05, 0.1) is 5.02 Å². The fourth-order valence-corrected chi connectivity index (χ4v) is 2.41. The van der Waals surface area contributed by atoms with Gasteiger partial charge in [-0.2, -0.15) is 0 Å². The molecule has 3 N–H and O–H groups in total. The van der Waals surface area contributed by atoms with Crippen LogP contribution in [-0.2, 0) is 15.9 Å². The lowest BCUT2D eigenvalue weighted by molar-refractivity contribution is -0.126. The van der Waals surface area contributed by atoms with E-state index in [1.165, 1.54) is 12.3 Å². The third-order valence-corrected chi connectivity index (χ3v) is 3.46. The molecule has 2 rings (SSSR count). The molecule has 0 unspecified atom stereocenters. The van der Waals surface area contributed by atoms with Crippen LogP contribution in [0.15, 0.2) is 42.6 Å². The van der Waals surface area contributed by atoms with Crippen LogP contribution in [0.5, 0.6) is 5.88 Å². The van der Waals surface area contributed by atoms with Crippen molar-refractivity contribution < 1.29 is 24.2 Å². The summed E-state index contributed by atoms with van der Waals surface area (Å²) in [6.45, 7) is -0.384. The lowest BCUT2D eigenvalue weighted by Crippen LogP contribution is -2.44. The van der Waals surface area contributed by atoms with Crippen LogP contribution in [0.25, 0.3) is 0 Å². The van der Waals surface area contributed by atoms with E-state index in [1.807, 2.05) is 30.3 Å². The first-order valence-electron chi connectivity index (χ1n) is 7.23. The maximum absolute atomic E-state index is 12.0. The molecule has 0 fully saturated rings. The molecule has 0 saturated heterocycles. The second-order valence-corrected chi connectivity index (χ2v) is 5.78. The zero-order chi connectivity index (χ0) is 18.2. The Balaban J connectivity index is 1.92. The van der Waals surface area contributed by atoms with Crippen LogP contribution in [0.3, 0.4) is 0 Å². The van der Waals surface area contributed by atoms with Crippen LogP contribution in [-0.4, -0.2) is 41.1 Å². The number of carbonyl (C=O) groups is 1. The smallest absolute Gasteiger partial charge is 0.467 e. The molecule has 132 valence electrons. The van der Waals surface area contributed by atoms with Crippen molar-refractivity contribution in [2.75, 3.05) is 6.61 Å². The third-order valence-electron chi connectivity index (χ3n) is 2.99. The predicted octanol–water partition coefficient (Wildman–Crippen LogP) is 1.44. The van der Waals surface area contributed by atoms with E-state index in [0.29, 0.717) is 5.02 Å². The van der Waals surface area contributed by atoms with E-state index in [4.69, 9.17) is 42.6 Å². The standard InChI is InChI=1S/C15H15BCl2N2O5/c17-11-7-12(18)15(19-8-11)24-9-13(21)20-14(25-16(22)23)6-10-4-2-1-3-5-10/h1-5,7-8,14,22-23H,6,9H2,(H,20,21)/t14-/m1/s1. The van der Waals surface area contributed by atoms with Crippen LogP contribution < -0.4 is 10.1 Å². The number of pyridine rings is 1. The average Bonchev–Trinajstić information content (AvgIpc) is 2.54. The SMILES string of the molecule is O=C(COc1ncc(Cl)cc1Cl)N[C@@H](Cc1ccccc1)OB(O)O. The fraction of sp³-hybridized carbons (Fsp3) is 0.200. The highest BCUT2D eigenvalue weighted by Crippen LogP contribution is 2.24. The number of amides is 1. The van der Waals surface area contributed by atoms with Crippen molar-refractivity contribution >= 4 is 36.4 Å². The highest BCUT2D eigenvalue weighted by molar-refractivity contribution is 6.35. The number of hydrogen-bond acceptors (Lipinski definition) is 6. The Morgan fingerprint density at radius 2 is 2.00 bits per heavy atom. The summed E-state index contributed by atoms with van der Waals surface area (Å²) in [6, 6.07) is 10.6. The van der Waals surface area contributed by atoms with Crippen molar-refractivity contribution in [2.45, 2.75) is 12.6 Å². The maximum Gasteiger partial charge on any atom is 0.635 e. The zero-order valence-electron chi connectivity index (χ0n) is 12.9. The first kappa shape index (κ1) is 19.5. The Kier molecular flexibility index (Phi) is 7.48. The molecule has 25 heavy (non-hydrogen) atoms. The van der Waals surface area contributed by atoms with Gasteiger partial charge in [-0.15, -0.1) is 0 Å². The van der Waals surface area contributed by atoms with E-state index in [-0.39, 0.29) is 23.9 Å². The summed E-state index contributed by atoms with van der Waals surface area (Å²) < 4.78 is 10.1. The van der Waals surface area contributed by atoms with Crippen molar-refractivity contribution in [3.05, 3.63) is 58.2 Å². The molecule has 0 aliphatic carbocycles. The molecule has 1 atom stereocenters. The van der Waals surface area contributed by atoms with Gasteiger partial charge >= 0.3 is 7.32 Å². The minimum absolute atomic E-state index is 0.0592. The number of aromatic nitrogens is 1. The molecule has 2 aromatic rings. The van der Waals surface area contributed by atoms with Crippen LogP contribution in [0.2, 0.25) is 10.0 Å². The van der Waals surface area contributed by atoms with Gasteiger partial charge < -0.3 is 24.8 Å². The molecular formula is C15H15BCl2N2O5. The molecule has 10 heteroatoms. The molecule has 0 bridgehead atoms. The number of rotatable bonds is 8. The summed E-state index contributed by atoms with van der Waals surface area (Å²) in [7, 11) is -2.03. The van der Waals surface area contributed by atoms with Gasteiger partial charge in [-0.3, -0.25) is 4.79 Å². The van der Waals surface area contributed by atoms with Gasteiger partial charge in [0.25, 0.3) is 5.91 Å². The second kappa shape index (κ2) is 9.60. The first-order valence-corrected chi connectivity index (χ1v) is 7.98. The zero-order valence-corrected chi connectivity index (χ0v) is 14.4. The first-order chi connectivity index (χ1) is 11.9. The fourth-order valence-electron chi connectivity index (χ4n) is 1.97. The molecule has 0 spiro atoms. The Labute approximate surface area is 154 Å². The molecule has 1 amide bonds. The molecule has 0 aliphatic heterocycles. The number of halogens is 2. The van der Waals surface area contributed by atoms with Crippen LogP contribution in [0.4, 0.5) is 0 Å². The number of benzene rings is 1. The van der Waals surface area contributed by atoms with E-state index in [1.54, 1.807) is 0 Å². The van der Waals surface area contributed by atoms with Crippen molar-refractivity contribution in [3.63, 3.8) is 0 Å². The molecule has 0 radical (unpaired) electrons. The molecule has 1 aromatic carbocycles. The number of ether oxygens (including phenoxy) is 1. The molecule has 7 nitrogen and oxygen atoms in total. The van der Waals surface area contributed by atoms with Gasteiger partial charge in [0.2, 0.25) is 5.88 Å². The summed E-state index contributed by atoms with van der Waals surface area (Å²) in [5.41, 5.74) is 0.844. The Morgan fingerprint density at radius 3 is 2.64 bits per heavy atom. The highest BCUT2D eigenvalue weighted by Gasteiger charge is 2.21. The van der Waals surface area contributed by atoms with E-state index in [9.17, 15) is 4.79 Å². The Hall–Kier alpha value is -1.84. The van der Waals surface area contributed by atoms with Crippen molar-refractivity contribution in [3.8, 4) is 5.88 Å². The van der Waals surface area contributed by atoms with Gasteiger partial charge in [-0.25, -0.2) is 4.98 Å². The van der Waals surface area contributed by atoms with E-state index in [2.05, 4.69) is 10.3 Å². The van der Waals surface area contributed by atoms with E-state index in [0.717, 1.165) is 5.56 Å². The maximum atomic E-state index is 12.0. The summed E-state index contributed by atoms with van der Waals surface area (Å²) in [5.74, 6) is -0.488. The average molecular weight is 385 g/mol. The van der Waals surface area contributed by atoms with Gasteiger partial charge in [0, 0.05) is 12.6 Å². The summed E-state index contributed by atoms with van der Waals surface area (Å²) in [5, 5.41) is 21.0. The van der Waals surface area contributed by atoms with Gasteiger partial charge in [-0.1, -0.05) is 53.5 Å². The van der Waals surface area contributed by atoms with Crippen molar-refractivity contribution in [2.24, 2.45) is 0 Å². The quantitative estimate of drug-likeness (QED) is 0.470. The monoisotopic (exact) mass is 384 g/mol. The molecule has 1 aromatic heterocycles. The normalized spacial score (nSPS) is 11.7. The number of carbonyl (C=O) groups excluding carboxylic acids is 1. The molecular weight excluding hydrogens is 370 g/mol. The molecule has 0 aliphatic rings. The molecule has 1 heterocycles. The third kappa shape index (κ3) is 6.89. The van der Waals surface area contributed by atoms with Gasteiger partial charge in [0.1, 0.15) is 11.3 Å². The van der Waals surface area contributed by atoms with Crippen molar-refractivity contribution in [1.82, 2.24) is 10.3 Å². The summed E-state index contributed by atoms with van der Waals surface area (Å²) in [6.07, 6.45) is 0.626. The van der Waals surface area contributed by atoms with Crippen LogP contribution in [0, 0.1) is 0 Å².